The lowest BCUT2D eigenvalue weighted by Crippen LogP contribution is -2.23. The molecule has 5 nitrogen and oxygen atoms in total. The highest BCUT2D eigenvalue weighted by atomic mass is 16.5. The minimum absolute atomic E-state index is 0.0398. The van der Waals surface area contributed by atoms with Crippen LogP contribution in [0.25, 0.3) is 0 Å². The molecule has 1 unspecified atom stereocenters. The van der Waals surface area contributed by atoms with Crippen molar-refractivity contribution < 1.29 is 19.4 Å². The third kappa shape index (κ3) is 2.90. The largest absolute Gasteiger partial charge is 0.481 e. The molecule has 0 fully saturated rings. The van der Waals surface area contributed by atoms with Crippen molar-refractivity contribution in [3.8, 4) is 0 Å². The number of methoxy groups -OCH3 is 1. The molecular weight excluding hydrogens is 306 g/mol. The normalized spacial score (nSPS) is 14.6. The molecule has 1 heterocycles. The van der Waals surface area contributed by atoms with Gasteiger partial charge in [0.15, 0.2) is 0 Å². The van der Waals surface area contributed by atoms with Crippen LogP contribution in [0.4, 0.5) is 5.69 Å². The predicted octanol–water partition coefficient (Wildman–Crippen LogP) is 3.18. The maximum atomic E-state index is 12.7. The van der Waals surface area contributed by atoms with E-state index in [0.29, 0.717) is 18.7 Å². The van der Waals surface area contributed by atoms with Crippen LogP contribution in [0.3, 0.4) is 0 Å². The average molecular weight is 325 g/mol. The predicted molar refractivity (Wildman–Crippen MR) is 90.2 cm³/mol. The Morgan fingerprint density at radius 1 is 1.25 bits per heavy atom. The number of carbonyl (C=O) groups excluding carboxylic acids is 1. The Bertz CT molecular complexity index is 782. The molecule has 1 N–H and O–H groups in total. The number of rotatable bonds is 5. The number of fused-ring (bicyclic) bond motifs is 1. The monoisotopic (exact) mass is 325 g/mol. The van der Waals surface area contributed by atoms with E-state index in [1.165, 1.54) is 0 Å². The molecule has 0 aromatic heterocycles. The molecule has 0 radical (unpaired) electrons. The molecule has 1 amide bonds. The Hall–Kier alpha value is -2.66. The van der Waals surface area contributed by atoms with Gasteiger partial charge in [-0.25, -0.2) is 0 Å². The number of carbonyl (C=O) groups is 2. The molecular formula is C19H19NO4. The van der Waals surface area contributed by atoms with Crippen LogP contribution in [0, 0.1) is 0 Å². The van der Waals surface area contributed by atoms with Crippen molar-refractivity contribution in [2.45, 2.75) is 26.0 Å². The van der Waals surface area contributed by atoms with Crippen molar-refractivity contribution in [2.75, 3.05) is 12.0 Å². The molecule has 0 aliphatic carbocycles. The second kappa shape index (κ2) is 6.45. The maximum Gasteiger partial charge on any atom is 0.310 e. The summed E-state index contributed by atoms with van der Waals surface area (Å²) in [6.07, 6.45) is 0. The van der Waals surface area contributed by atoms with Crippen LogP contribution >= 0.6 is 0 Å². The number of benzene rings is 2. The van der Waals surface area contributed by atoms with E-state index in [4.69, 9.17) is 9.84 Å². The van der Waals surface area contributed by atoms with E-state index in [2.05, 4.69) is 0 Å². The molecule has 3 rings (SSSR count). The Kier molecular flexibility index (Phi) is 4.36. The SMILES string of the molecule is COCc1ccc2c(c1)C(=O)N(c1ccc(C(C)C(=O)O)cc1)C2. The Balaban J connectivity index is 1.84. The lowest BCUT2D eigenvalue weighted by molar-refractivity contribution is -0.138. The molecule has 0 spiro atoms. The first kappa shape index (κ1) is 16.2. The maximum absolute atomic E-state index is 12.7. The van der Waals surface area contributed by atoms with Gasteiger partial charge in [0.1, 0.15) is 0 Å². The van der Waals surface area contributed by atoms with Gasteiger partial charge in [-0.15, -0.1) is 0 Å². The van der Waals surface area contributed by atoms with Gasteiger partial charge in [0.25, 0.3) is 5.91 Å². The molecule has 24 heavy (non-hydrogen) atoms. The fraction of sp³-hybridized carbons (Fsp3) is 0.263. The average Bonchev–Trinajstić information content (AvgIpc) is 2.91. The lowest BCUT2D eigenvalue weighted by Gasteiger charge is -2.16. The van der Waals surface area contributed by atoms with Crippen LogP contribution in [0.5, 0.6) is 0 Å². The summed E-state index contributed by atoms with van der Waals surface area (Å²) >= 11 is 0. The van der Waals surface area contributed by atoms with E-state index in [1.807, 2.05) is 18.2 Å². The van der Waals surface area contributed by atoms with Crippen LogP contribution in [-0.2, 0) is 22.7 Å². The van der Waals surface area contributed by atoms with Crippen molar-refractivity contribution in [1.29, 1.82) is 0 Å². The standard InChI is InChI=1S/C19H19NO4/c1-12(19(22)23)14-5-7-16(8-6-14)20-10-15-4-3-13(11-24-2)9-17(15)18(20)21/h3-9,12H,10-11H2,1-2H3,(H,22,23). The number of aliphatic carboxylic acids is 1. The van der Waals surface area contributed by atoms with E-state index < -0.39 is 11.9 Å². The topological polar surface area (TPSA) is 66.8 Å². The van der Waals surface area contributed by atoms with Gasteiger partial charge in [-0.2, -0.15) is 0 Å². The number of nitrogens with zero attached hydrogens (tertiary/aromatic N) is 1. The third-order valence-electron chi connectivity index (χ3n) is 4.36. The van der Waals surface area contributed by atoms with E-state index in [-0.39, 0.29) is 5.91 Å². The molecule has 2 aromatic carbocycles. The van der Waals surface area contributed by atoms with Crippen molar-refractivity contribution >= 4 is 17.6 Å². The zero-order valence-corrected chi connectivity index (χ0v) is 13.7. The van der Waals surface area contributed by atoms with Gasteiger partial charge in [0, 0.05) is 18.4 Å². The molecule has 0 saturated carbocycles. The van der Waals surface area contributed by atoms with E-state index in [1.54, 1.807) is 43.2 Å². The van der Waals surface area contributed by atoms with E-state index >= 15 is 0 Å². The number of anilines is 1. The van der Waals surface area contributed by atoms with Crippen LogP contribution < -0.4 is 4.90 Å². The molecule has 5 heteroatoms. The van der Waals surface area contributed by atoms with Crippen LogP contribution in [0.2, 0.25) is 0 Å². The summed E-state index contributed by atoms with van der Waals surface area (Å²) in [5.41, 5.74) is 4.15. The minimum atomic E-state index is -0.863. The quantitative estimate of drug-likeness (QED) is 0.917. The molecule has 2 aromatic rings. The first-order chi connectivity index (χ1) is 11.5. The number of hydrogen-bond acceptors (Lipinski definition) is 3. The summed E-state index contributed by atoms with van der Waals surface area (Å²) < 4.78 is 5.12. The van der Waals surface area contributed by atoms with Gasteiger partial charge in [-0.05, 0) is 41.8 Å². The first-order valence-electron chi connectivity index (χ1n) is 7.76. The number of hydrogen-bond donors (Lipinski definition) is 1. The van der Waals surface area contributed by atoms with Crippen molar-refractivity contribution in [3.63, 3.8) is 0 Å². The first-order valence-corrected chi connectivity index (χ1v) is 7.76. The van der Waals surface area contributed by atoms with Crippen molar-refractivity contribution in [3.05, 3.63) is 64.7 Å². The Morgan fingerprint density at radius 2 is 1.96 bits per heavy atom. The van der Waals surface area contributed by atoms with E-state index in [0.717, 1.165) is 22.4 Å². The van der Waals surface area contributed by atoms with Gasteiger partial charge in [-0.3, -0.25) is 9.59 Å². The fourth-order valence-corrected chi connectivity index (χ4v) is 2.90. The molecule has 124 valence electrons. The second-order valence-corrected chi connectivity index (χ2v) is 5.97. The molecule has 1 aliphatic heterocycles. The fourth-order valence-electron chi connectivity index (χ4n) is 2.90. The summed E-state index contributed by atoms with van der Waals surface area (Å²) in [6.45, 7) is 2.64. The summed E-state index contributed by atoms with van der Waals surface area (Å²) in [5.74, 6) is -1.47. The van der Waals surface area contributed by atoms with Crippen LogP contribution in [-0.4, -0.2) is 24.1 Å². The minimum Gasteiger partial charge on any atom is -0.481 e. The molecule has 0 bridgehead atoms. The Labute approximate surface area is 140 Å². The van der Waals surface area contributed by atoms with Gasteiger partial charge in [0.2, 0.25) is 0 Å². The smallest absolute Gasteiger partial charge is 0.310 e. The highest BCUT2D eigenvalue weighted by Gasteiger charge is 2.28. The molecule has 1 atom stereocenters. The third-order valence-corrected chi connectivity index (χ3v) is 4.36. The highest BCUT2D eigenvalue weighted by Crippen LogP contribution is 2.30. The van der Waals surface area contributed by atoms with E-state index in [9.17, 15) is 9.59 Å². The zero-order valence-electron chi connectivity index (χ0n) is 13.7. The summed E-state index contributed by atoms with van der Waals surface area (Å²) in [5, 5.41) is 9.07. The van der Waals surface area contributed by atoms with Crippen LogP contribution in [0.1, 0.15) is 39.9 Å². The zero-order chi connectivity index (χ0) is 17.3. The highest BCUT2D eigenvalue weighted by molar-refractivity contribution is 6.10. The molecule has 1 aliphatic rings. The van der Waals surface area contributed by atoms with Gasteiger partial charge in [-0.1, -0.05) is 24.3 Å². The number of ether oxygens (including phenoxy) is 1. The van der Waals surface area contributed by atoms with Crippen molar-refractivity contribution in [1.82, 2.24) is 0 Å². The number of carboxylic acids is 1. The summed E-state index contributed by atoms with van der Waals surface area (Å²) in [7, 11) is 1.63. The van der Waals surface area contributed by atoms with Crippen molar-refractivity contribution in [2.24, 2.45) is 0 Å². The number of amides is 1. The lowest BCUT2D eigenvalue weighted by atomic mass is 10.0. The van der Waals surface area contributed by atoms with Crippen LogP contribution in [0.15, 0.2) is 42.5 Å². The van der Waals surface area contributed by atoms with Gasteiger partial charge in [0.05, 0.1) is 19.1 Å². The summed E-state index contributed by atoms with van der Waals surface area (Å²) in [4.78, 5) is 25.4. The van der Waals surface area contributed by atoms with Gasteiger partial charge >= 0.3 is 5.97 Å². The molecule has 0 saturated heterocycles. The second-order valence-electron chi connectivity index (χ2n) is 5.97. The number of carboxylic acid groups (broad SMARTS) is 1. The van der Waals surface area contributed by atoms with Gasteiger partial charge < -0.3 is 14.7 Å². The summed E-state index contributed by atoms with van der Waals surface area (Å²) in [6, 6.07) is 12.9. The Morgan fingerprint density at radius 3 is 2.58 bits per heavy atom.